The number of nitrogens with one attached hydrogen (secondary N) is 2. The molecule has 0 amide bonds. The third kappa shape index (κ3) is 1.20. The second-order valence-electron chi connectivity index (χ2n) is 2.38. The minimum Gasteiger partial charge on any atom is -0.336 e. The number of imidazole rings is 2. The number of nitrogens with zero attached hydrogens (tertiary/aromatic N) is 2. The highest BCUT2D eigenvalue weighted by atomic mass is 32.1. The Kier molecular flexibility index (Phi) is 1.82. The lowest BCUT2D eigenvalue weighted by Crippen LogP contribution is -2.00. The van der Waals surface area contributed by atoms with Crippen LogP contribution >= 0.6 is 12.2 Å². The first kappa shape index (κ1) is 7.93. The molecular weight excluding hydrogens is 188 g/mol. The van der Waals surface area contributed by atoms with Crippen LogP contribution < -0.4 is 0 Å². The highest BCUT2D eigenvalue weighted by Crippen LogP contribution is 2.05. The van der Waals surface area contributed by atoms with Gasteiger partial charge in [-0.25, -0.2) is 4.98 Å². The number of hydrogen-bond donors (Lipinski definition) is 2. The first-order valence-electron chi connectivity index (χ1n) is 3.58. The van der Waals surface area contributed by atoms with E-state index in [1.807, 2.05) is 0 Å². The van der Waals surface area contributed by atoms with E-state index in [1.165, 1.54) is 10.8 Å². The Morgan fingerprint density at radius 2 is 2.38 bits per heavy atom. The molecule has 0 atom stereocenters. The van der Waals surface area contributed by atoms with Crippen LogP contribution in [0.2, 0.25) is 0 Å². The molecule has 0 unspecified atom stereocenters. The highest BCUT2D eigenvalue weighted by molar-refractivity contribution is 7.71. The van der Waals surface area contributed by atoms with E-state index in [1.54, 1.807) is 12.4 Å². The summed E-state index contributed by atoms with van der Waals surface area (Å²) in [6.07, 6.45) is 5.52. The number of carbonyl (C=O) groups excluding carboxylic acids is 1. The quantitative estimate of drug-likeness (QED) is 0.555. The largest absolute Gasteiger partial charge is 0.336 e. The second-order valence-corrected chi connectivity index (χ2v) is 2.77. The minimum atomic E-state index is 0.442. The molecule has 2 rings (SSSR count). The summed E-state index contributed by atoms with van der Waals surface area (Å²) in [4.78, 5) is 20.2. The third-order valence-corrected chi connectivity index (χ3v) is 1.92. The van der Waals surface area contributed by atoms with Gasteiger partial charge in [-0.15, -0.1) is 0 Å². The van der Waals surface area contributed by atoms with Gasteiger partial charge in [0.25, 0.3) is 0 Å². The van der Waals surface area contributed by atoms with E-state index in [0.717, 1.165) is 6.29 Å². The molecule has 66 valence electrons. The Hall–Kier alpha value is -1.69. The van der Waals surface area contributed by atoms with Crippen molar-refractivity contribution in [3.05, 3.63) is 29.1 Å². The predicted molar refractivity (Wildman–Crippen MR) is 48.5 cm³/mol. The van der Waals surface area contributed by atoms with Gasteiger partial charge in [0.1, 0.15) is 5.69 Å². The fraction of sp³-hybridized carbons (Fsp3) is 0. The number of H-pyrrole nitrogens is 2. The van der Waals surface area contributed by atoms with Gasteiger partial charge in [0.05, 0.1) is 0 Å². The van der Waals surface area contributed by atoms with E-state index in [2.05, 4.69) is 15.0 Å². The van der Waals surface area contributed by atoms with Gasteiger partial charge >= 0.3 is 0 Å². The van der Waals surface area contributed by atoms with Crippen molar-refractivity contribution in [3.63, 3.8) is 0 Å². The summed E-state index contributed by atoms with van der Waals surface area (Å²) in [6.45, 7) is 0. The molecule has 2 N–H and O–H groups in total. The molecule has 0 fully saturated rings. The maximum absolute atomic E-state index is 10.6. The topological polar surface area (TPSA) is 66.5 Å². The van der Waals surface area contributed by atoms with E-state index in [0.29, 0.717) is 16.4 Å². The lowest BCUT2D eigenvalue weighted by molar-refractivity contribution is 0.111. The smallest absolute Gasteiger partial charge is 0.214 e. The van der Waals surface area contributed by atoms with Crippen LogP contribution in [0.3, 0.4) is 0 Å². The van der Waals surface area contributed by atoms with Crippen molar-refractivity contribution in [3.8, 4) is 5.95 Å². The van der Waals surface area contributed by atoms with E-state index < -0.39 is 0 Å². The first-order chi connectivity index (χ1) is 6.33. The maximum Gasteiger partial charge on any atom is 0.214 e. The molecular formula is C7H6N4OS. The number of carbonyl (C=O) groups is 1. The van der Waals surface area contributed by atoms with Gasteiger partial charge in [0.15, 0.2) is 11.1 Å². The lowest BCUT2D eigenvalue weighted by Gasteiger charge is -1.97. The number of aromatic nitrogens is 4. The Morgan fingerprint density at radius 1 is 1.54 bits per heavy atom. The zero-order valence-corrected chi connectivity index (χ0v) is 7.34. The Morgan fingerprint density at radius 3 is 3.00 bits per heavy atom. The van der Waals surface area contributed by atoms with Gasteiger partial charge < -0.3 is 9.97 Å². The molecule has 0 bridgehead atoms. The summed E-state index contributed by atoms with van der Waals surface area (Å²) in [5.41, 5.74) is 0.444. The molecule has 0 spiro atoms. The zero-order valence-electron chi connectivity index (χ0n) is 6.52. The highest BCUT2D eigenvalue weighted by Gasteiger charge is 2.05. The van der Waals surface area contributed by atoms with E-state index in [4.69, 9.17) is 12.2 Å². The van der Waals surface area contributed by atoms with Crippen LogP contribution in [0.4, 0.5) is 0 Å². The Balaban J connectivity index is 2.69. The van der Waals surface area contributed by atoms with Gasteiger partial charge in [-0.1, -0.05) is 0 Å². The Labute approximate surface area is 78.4 Å². The van der Waals surface area contributed by atoms with Crippen molar-refractivity contribution in [2.45, 2.75) is 0 Å². The number of aromatic amines is 2. The van der Waals surface area contributed by atoms with E-state index >= 15 is 0 Å². The summed E-state index contributed by atoms with van der Waals surface area (Å²) >= 11 is 4.98. The van der Waals surface area contributed by atoms with Crippen LogP contribution in [-0.2, 0) is 0 Å². The molecule has 0 aliphatic rings. The average Bonchev–Trinajstić information content (AvgIpc) is 2.72. The fourth-order valence-electron chi connectivity index (χ4n) is 1.07. The molecule has 5 nitrogen and oxygen atoms in total. The molecule has 0 aromatic carbocycles. The molecule has 0 saturated carbocycles. The summed E-state index contributed by atoms with van der Waals surface area (Å²) < 4.78 is 1.97. The van der Waals surface area contributed by atoms with Crippen molar-refractivity contribution in [1.82, 2.24) is 19.5 Å². The lowest BCUT2D eigenvalue weighted by atomic mass is 10.5. The molecule has 2 aromatic rings. The Bertz CT molecular complexity index is 467. The van der Waals surface area contributed by atoms with Gasteiger partial charge in [0.2, 0.25) is 5.95 Å². The van der Waals surface area contributed by atoms with Crippen molar-refractivity contribution < 1.29 is 4.79 Å². The van der Waals surface area contributed by atoms with Crippen molar-refractivity contribution in [1.29, 1.82) is 0 Å². The van der Waals surface area contributed by atoms with Gasteiger partial charge in [0, 0.05) is 18.6 Å². The maximum atomic E-state index is 10.6. The van der Waals surface area contributed by atoms with Crippen molar-refractivity contribution in [2.75, 3.05) is 0 Å². The van der Waals surface area contributed by atoms with Crippen LogP contribution in [0.25, 0.3) is 5.95 Å². The van der Waals surface area contributed by atoms with Crippen LogP contribution in [0.1, 0.15) is 10.5 Å². The normalized spacial score (nSPS) is 10.2. The standard InChI is InChI=1S/C7H6N4OS/c12-4-5-3-10-7(13)11(5)6-8-1-2-9-6/h1-4H,(H,8,9)(H,10,13). The van der Waals surface area contributed by atoms with Crippen LogP contribution in [-0.4, -0.2) is 25.8 Å². The molecule has 0 aliphatic heterocycles. The van der Waals surface area contributed by atoms with Gasteiger partial charge in [-0.05, 0) is 12.2 Å². The number of hydrogen-bond acceptors (Lipinski definition) is 3. The van der Waals surface area contributed by atoms with Crippen LogP contribution in [0, 0.1) is 4.77 Å². The summed E-state index contributed by atoms with van der Waals surface area (Å²) in [5, 5.41) is 0. The summed E-state index contributed by atoms with van der Waals surface area (Å²) in [6, 6.07) is 0. The molecule has 2 aromatic heterocycles. The van der Waals surface area contributed by atoms with Gasteiger partial charge in [-0.2, -0.15) is 0 Å². The number of rotatable bonds is 2. The average molecular weight is 194 g/mol. The SMILES string of the molecule is O=Cc1c[nH]c(=S)n1-c1ncc[nH]1. The first-order valence-corrected chi connectivity index (χ1v) is 3.99. The zero-order chi connectivity index (χ0) is 9.26. The molecule has 2 heterocycles. The summed E-state index contributed by atoms with van der Waals surface area (Å²) in [5.74, 6) is 0.536. The second kappa shape index (κ2) is 2.98. The minimum absolute atomic E-state index is 0.442. The predicted octanol–water partition coefficient (Wildman–Crippen LogP) is 1.07. The van der Waals surface area contributed by atoms with Crippen LogP contribution in [0.5, 0.6) is 0 Å². The molecule has 0 radical (unpaired) electrons. The van der Waals surface area contributed by atoms with E-state index in [-0.39, 0.29) is 0 Å². The van der Waals surface area contributed by atoms with Crippen LogP contribution in [0.15, 0.2) is 18.6 Å². The molecule has 6 heteroatoms. The van der Waals surface area contributed by atoms with Crippen molar-refractivity contribution >= 4 is 18.5 Å². The molecule has 0 aliphatic carbocycles. The van der Waals surface area contributed by atoms with Gasteiger partial charge in [-0.3, -0.25) is 9.36 Å². The summed E-state index contributed by atoms with van der Waals surface area (Å²) in [7, 11) is 0. The fourth-order valence-corrected chi connectivity index (χ4v) is 1.32. The van der Waals surface area contributed by atoms with Crippen molar-refractivity contribution in [2.24, 2.45) is 0 Å². The number of aldehydes is 1. The monoisotopic (exact) mass is 194 g/mol. The molecule has 13 heavy (non-hydrogen) atoms. The third-order valence-electron chi connectivity index (χ3n) is 1.62. The van der Waals surface area contributed by atoms with E-state index in [9.17, 15) is 4.79 Å². The molecule has 0 saturated heterocycles.